The van der Waals surface area contributed by atoms with Crippen LogP contribution in [-0.2, 0) is 0 Å². The number of aliphatic hydroxyl groups is 1. The van der Waals surface area contributed by atoms with Crippen LogP contribution >= 0.6 is 0 Å². The second-order valence-electron chi connectivity index (χ2n) is 4.43. The number of nitrogen functional groups attached to an aromatic ring is 2. The highest BCUT2D eigenvalue weighted by Crippen LogP contribution is 2.45. The lowest BCUT2D eigenvalue weighted by molar-refractivity contribution is 0.282. The number of aliphatic hydroxyl groups excluding tert-OH is 1. The van der Waals surface area contributed by atoms with Crippen molar-refractivity contribution in [1.82, 2.24) is 0 Å². The average molecular weight is 226 g/mol. The molecule has 5 N–H and O–H groups in total. The van der Waals surface area contributed by atoms with E-state index in [1.165, 1.54) is 0 Å². The van der Waals surface area contributed by atoms with Crippen molar-refractivity contribution < 1.29 is 5.11 Å². The van der Waals surface area contributed by atoms with Gasteiger partial charge in [0.15, 0.2) is 0 Å². The standard InChI is InChI=1S/C14H14N2O/c15-8-1-3-10-11-4-2-9(16)6-13(11)14(7-17)12(10)5-8/h1-6,14,17H,7,15-16H2. The largest absolute Gasteiger partial charge is 0.399 e. The van der Waals surface area contributed by atoms with Crippen molar-refractivity contribution >= 4 is 11.4 Å². The van der Waals surface area contributed by atoms with Crippen LogP contribution in [0.2, 0.25) is 0 Å². The number of rotatable bonds is 1. The highest BCUT2D eigenvalue weighted by Gasteiger charge is 2.28. The molecule has 17 heavy (non-hydrogen) atoms. The van der Waals surface area contributed by atoms with Crippen LogP contribution in [-0.4, -0.2) is 11.7 Å². The summed E-state index contributed by atoms with van der Waals surface area (Å²) in [6, 6.07) is 11.7. The first kappa shape index (κ1) is 10.2. The molecule has 0 radical (unpaired) electrons. The van der Waals surface area contributed by atoms with Gasteiger partial charge >= 0.3 is 0 Å². The molecule has 0 saturated heterocycles. The van der Waals surface area contributed by atoms with E-state index in [0.717, 1.165) is 33.6 Å². The Bertz CT molecular complexity index is 541. The molecule has 0 spiro atoms. The Morgan fingerprint density at radius 2 is 1.35 bits per heavy atom. The first-order chi connectivity index (χ1) is 8.20. The lowest BCUT2D eigenvalue weighted by Gasteiger charge is -2.10. The quantitative estimate of drug-likeness (QED) is 0.651. The molecule has 0 fully saturated rings. The second-order valence-corrected chi connectivity index (χ2v) is 4.43. The smallest absolute Gasteiger partial charge is 0.0540 e. The van der Waals surface area contributed by atoms with Crippen molar-refractivity contribution in [3.8, 4) is 11.1 Å². The van der Waals surface area contributed by atoms with E-state index in [9.17, 15) is 5.11 Å². The van der Waals surface area contributed by atoms with E-state index >= 15 is 0 Å². The van der Waals surface area contributed by atoms with Crippen molar-refractivity contribution in [1.29, 1.82) is 0 Å². The van der Waals surface area contributed by atoms with Crippen molar-refractivity contribution in [3.05, 3.63) is 47.5 Å². The number of benzene rings is 2. The monoisotopic (exact) mass is 226 g/mol. The first-order valence-electron chi connectivity index (χ1n) is 5.61. The van der Waals surface area contributed by atoms with Gasteiger partial charge in [0.2, 0.25) is 0 Å². The summed E-state index contributed by atoms with van der Waals surface area (Å²) in [6.07, 6.45) is 0. The van der Waals surface area contributed by atoms with Gasteiger partial charge in [-0.1, -0.05) is 12.1 Å². The van der Waals surface area contributed by atoms with Gasteiger partial charge in [0.1, 0.15) is 0 Å². The summed E-state index contributed by atoms with van der Waals surface area (Å²) >= 11 is 0. The SMILES string of the molecule is Nc1ccc2c(c1)C(CO)c1cc(N)ccc1-2. The highest BCUT2D eigenvalue weighted by molar-refractivity contribution is 5.81. The molecule has 0 aliphatic heterocycles. The fraction of sp³-hybridized carbons (Fsp3) is 0.143. The van der Waals surface area contributed by atoms with E-state index in [4.69, 9.17) is 11.5 Å². The molecule has 0 atom stereocenters. The van der Waals surface area contributed by atoms with Gasteiger partial charge in [-0.05, 0) is 46.5 Å². The van der Waals surface area contributed by atoms with E-state index in [0.29, 0.717) is 0 Å². The van der Waals surface area contributed by atoms with Crippen LogP contribution in [0.25, 0.3) is 11.1 Å². The third kappa shape index (κ3) is 1.40. The Morgan fingerprint density at radius 3 is 1.76 bits per heavy atom. The molecule has 0 unspecified atom stereocenters. The van der Waals surface area contributed by atoms with E-state index < -0.39 is 0 Å². The van der Waals surface area contributed by atoms with Crippen LogP contribution in [0.1, 0.15) is 17.0 Å². The van der Waals surface area contributed by atoms with Crippen LogP contribution < -0.4 is 11.5 Å². The van der Waals surface area contributed by atoms with Gasteiger partial charge in [-0.25, -0.2) is 0 Å². The van der Waals surface area contributed by atoms with Gasteiger partial charge < -0.3 is 16.6 Å². The van der Waals surface area contributed by atoms with E-state index in [1.807, 2.05) is 36.4 Å². The van der Waals surface area contributed by atoms with Crippen LogP contribution in [0, 0.1) is 0 Å². The van der Waals surface area contributed by atoms with Crippen LogP contribution in [0.3, 0.4) is 0 Å². The molecule has 2 aromatic carbocycles. The Balaban J connectivity index is 2.28. The Labute approximate surface area is 99.7 Å². The summed E-state index contributed by atoms with van der Waals surface area (Å²) < 4.78 is 0. The Kier molecular flexibility index (Phi) is 2.09. The summed E-state index contributed by atoms with van der Waals surface area (Å²) in [4.78, 5) is 0. The number of nitrogens with two attached hydrogens (primary N) is 2. The highest BCUT2D eigenvalue weighted by atomic mass is 16.3. The van der Waals surface area contributed by atoms with Crippen molar-refractivity contribution in [2.75, 3.05) is 18.1 Å². The summed E-state index contributed by atoms with van der Waals surface area (Å²) in [5.41, 5.74) is 17.5. The molecule has 86 valence electrons. The maximum atomic E-state index is 9.56. The minimum atomic E-state index is -0.00741. The third-order valence-corrected chi connectivity index (χ3v) is 3.37. The normalized spacial score (nSPS) is 13.5. The number of fused-ring (bicyclic) bond motifs is 3. The minimum absolute atomic E-state index is 0.00741. The fourth-order valence-electron chi connectivity index (χ4n) is 2.59. The molecule has 3 heteroatoms. The Morgan fingerprint density at radius 1 is 0.882 bits per heavy atom. The maximum absolute atomic E-state index is 9.56. The third-order valence-electron chi connectivity index (χ3n) is 3.37. The van der Waals surface area contributed by atoms with E-state index in [1.54, 1.807) is 0 Å². The topological polar surface area (TPSA) is 72.3 Å². The zero-order chi connectivity index (χ0) is 12.0. The fourth-order valence-corrected chi connectivity index (χ4v) is 2.59. The average Bonchev–Trinajstić information content (AvgIpc) is 2.60. The molecule has 1 aliphatic rings. The lowest BCUT2D eigenvalue weighted by atomic mass is 9.97. The molecule has 2 aromatic rings. The summed E-state index contributed by atoms with van der Waals surface area (Å²) in [6.45, 7) is 0.0763. The van der Waals surface area contributed by atoms with Gasteiger partial charge in [0.05, 0.1) is 6.61 Å². The molecular weight excluding hydrogens is 212 g/mol. The second kappa shape index (κ2) is 3.50. The van der Waals surface area contributed by atoms with Crippen molar-refractivity contribution in [3.63, 3.8) is 0 Å². The van der Waals surface area contributed by atoms with E-state index in [2.05, 4.69) is 0 Å². The van der Waals surface area contributed by atoms with Crippen LogP contribution in [0.15, 0.2) is 36.4 Å². The predicted octanol–water partition coefficient (Wildman–Crippen LogP) is 1.96. The zero-order valence-corrected chi connectivity index (χ0v) is 9.35. The molecule has 1 aliphatic carbocycles. The maximum Gasteiger partial charge on any atom is 0.0540 e. The molecule has 3 rings (SSSR count). The van der Waals surface area contributed by atoms with Gasteiger partial charge in [-0.3, -0.25) is 0 Å². The van der Waals surface area contributed by atoms with Crippen molar-refractivity contribution in [2.24, 2.45) is 0 Å². The Hall–Kier alpha value is -2.00. The van der Waals surface area contributed by atoms with Crippen LogP contribution in [0.5, 0.6) is 0 Å². The van der Waals surface area contributed by atoms with Gasteiger partial charge in [-0.2, -0.15) is 0 Å². The molecular formula is C14H14N2O. The summed E-state index contributed by atoms with van der Waals surface area (Å²) in [5.74, 6) is -0.00741. The summed E-state index contributed by atoms with van der Waals surface area (Å²) in [7, 11) is 0. The molecule has 3 nitrogen and oxygen atoms in total. The molecule has 0 aromatic heterocycles. The molecule has 0 bridgehead atoms. The number of hydrogen-bond acceptors (Lipinski definition) is 3. The van der Waals surface area contributed by atoms with Gasteiger partial charge in [-0.15, -0.1) is 0 Å². The first-order valence-corrected chi connectivity index (χ1v) is 5.61. The minimum Gasteiger partial charge on any atom is -0.399 e. The van der Waals surface area contributed by atoms with Crippen molar-refractivity contribution in [2.45, 2.75) is 5.92 Å². The van der Waals surface area contributed by atoms with Gasteiger partial charge in [0.25, 0.3) is 0 Å². The number of anilines is 2. The molecule has 0 amide bonds. The molecule has 0 heterocycles. The predicted molar refractivity (Wildman–Crippen MR) is 69.6 cm³/mol. The molecule has 0 saturated carbocycles. The zero-order valence-electron chi connectivity index (χ0n) is 9.35. The van der Waals surface area contributed by atoms with Gasteiger partial charge in [0, 0.05) is 17.3 Å². The van der Waals surface area contributed by atoms with Crippen LogP contribution in [0.4, 0.5) is 11.4 Å². The number of hydrogen-bond donors (Lipinski definition) is 3. The van der Waals surface area contributed by atoms with E-state index in [-0.39, 0.29) is 12.5 Å². The lowest BCUT2D eigenvalue weighted by Crippen LogP contribution is -2.03. The summed E-state index contributed by atoms with van der Waals surface area (Å²) in [5, 5.41) is 9.56.